The smallest absolute Gasteiger partial charge is 0.258 e. The first-order valence-corrected chi connectivity index (χ1v) is 3.83. The van der Waals surface area contributed by atoms with Crippen LogP contribution < -0.4 is 11.1 Å². The minimum Gasteiger partial charge on any atom is -0.367 e. The Morgan fingerprint density at radius 1 is 1.73 bits per heavy atom. The van der Waals surface area contributed by atoms with E-state index in [0.29, 0.717) is 13.2 Å². The quantitative estimate of drug-likeness (QED) is 0.594. The number of alkyl halides is 2. The zero-order chi connectivity index (χ0) is 8.48. The number of primary amides is 1. The van der Waals surface area contributed by atoms with Crippen LogP contribution in [0.15, 0.2) is 0 Å². The number of nitrogens with one attached hydrogen (secondary N) is 1. The lowest BCUT2D eigenvalue weighted by Crippen LogP contribution is -2.49. The van der Waals surface area contributed by atoms with Gasteiger partial charge in [-0.25, -0.2) is 0 Å². The third-order valence-electron chi connectivity index (χ3n) is 1.37. The van der Waals surface area contributed by atoms with Crippen molar-refractivity contribution in [1.82, 2.24) is 5.32 Å². The number of carbonyl (C=O) groups excluding carboxylic acids is 1. The molecule has 1 fully saturated rings. The van der Waals surface area contributed by atoms with E-state index in [9.17, 15) is 4.79 Å². The molecule has 0 aromatic heterocycles. The van der Waals surface area contributed by atoms with Crippen LogP contribution in [0, 0.1) is 0 Å². The Morgan fingerprint density at radius 2 is 2.36 bits per heavy atom. The largest absolute Gasteiger partial charge is 0.367 e. The Balaban J connectivity index is 2.62. The highest BCUT2D eigenvalue weighted by Gasteiger charge is 2.43. The average Bonchev–Trinajstić information content (AvgIpc) is 2.37. The van der Waals surface area contributed by atoms with Gasteiger partial charge in [-0.15, -0.1) is 0 Å². The van der Waals surface area contributed by atoms with E-state index < -0.39 is 16.5 Å². The summed E-state index contributed by atoms with van der Waals surface area (Å²) in [6.07, 6.45) is -0.691. The first-order chi connectivity index (χ1) is 5.05. The molecule has 1 rings (SSSR count). The number of nitrogens with two attached hydrogens (primary N) is 1. The van der Waals surface area contributed by atoms with E-state index >= 15 is 0 Å². The minimum atomic E-state index is -1.67. The van der Waals surface area contributed by atoms with Crippen molar-refractivity contribution in [2.45, 2.75) is 10.6 Å². The fourth-order valence-corrected chi connectivity index (χ4v) is 1.07. The van der Waals surface area contributed by atoms with Crippen molar-refractivity contribution in [2.24, 2.45) is 5.73 Å². The second kappa shape index (κ2) is 3.15. The van der Waals surface area contributed by atoms with Crippen molar-refractivity contribution < 1.29 is 9.53 Å². The SMILES string of the molecule is NC(=O)C(Cl)(Cl)C1NCCO1. The van der Waals surface area contributed by atoms with Crippen molar-refractivity contribution >= 4 is 29.1 Å². The van der Waals surface area contributed by atoms with Gasteiger partial charge in [0.2, 0.25) is 4.33 Å². The maximum Gasteiger partial charge on any atom is 0.258 e. The van der Waals surface area contributed by atoms with Crippen LogP contribution in [-0.2, 0) is 9.53 Å². The molecule has 4 nitrogen and oxygen atoms in total. The normalized spacial score (nSPS) is 25.5. The summed E-state index contributed by atoms with van der Waals surface area (Å²) in [6, 6.07) is 0. The minimum absolute atomic E-state index is 0.485. The molecule has 1 aliphatic rings. The van der Waals surface area contributed by atoms with E-state index in [1.165, 1.54) is 0 Å². The topological polar surface area (TPSA) is 64.4 Å². The van der Waals surface area contributed by atoms with E-state index in [1.807, 2.05) is 0 Å². The van der Waals surface area contributed by atoms with Gasteiger partial charge < -0.3 is 10.5 Å². The molecule has 0 radical (unpaired) electrons. The maximum atomic E-state index is 10.6. The van der Waals surface area contributed by atoms with E-state index in [0.717, 1.165) is 0 Å². The highest BCUT2D eigenvalue weighted by molar-refractivity contribution is 6.58. The third-order valence-corrected chi connectivity index (χ3v) is 2.14. The zero-order valence-corrected chi connectivity index (χ0v) is 7.15. The molecule has 0 bridgehead atoms. The molecule has 1 heterocycles. The van der Waals surface area contributed by atoms with Crippen LogP contribution in [0.25, 0.3) is 0 Å². The maximum absolute atomic E-state index is 10.6. The average molecular weight is 199 g/mol. The Morgan fingerprint density at radius 3 is 2.73 bits per heavy atom. The Bertz CT molecular complexity index is 168. The number of carbonyl (C=O) groups is 1. The molecule has 3 N–H and O–H groups in total. The van der Waals surface area contributed by atoms with Gasteiger partial charge in [-0.3, -0.25) is 10.1 Å². The second-order valence-electron chi connectivity index (χ2n) is 2.19. The number of rotatable bonds is 2. The number of hydrogen-bond donors (Lipinski definition) is 2. The molecule has 0 aliphatic carbocycles. The van der Waals surface area contributed by atoms with Crippen molar-refractivity contribution in [1.29, 1.82) is 0 Å². The fourth-order valence-electron chi connectivity index (χ4n) is 0.788. The zero-order valence-electron chi connectivity index (χ0n) is 5.64. The molecule has 1 amide bonds. The van der Waals surface area contributed by atoms with Gasteiger partial charge in [-0.05, 0) is 0 Å². The molecule has 0 aromatic rings. The van der Waals surface area contributed by atoms with Gasteiger partial charge in [-0.2, -0.15) is 0 Å². The van der Waals surface area contributed by atoms with Gasteiger partial charge >= 0.3 is 0 Å². The number of amides is 1. The van der Waals surface area contributed by atoms with Gasteiger partial charge in [0.1, 0.15) is 0 Å². The highest BCUT2D eigenvalue weighted by atomic mass is 35.5. The molecule has 0 spiro atoms. The van der Waals surface area contributed by atoms with Crippen LogP contribution in [0.1, 0.15) is 0 Å². The molecule has 1 atom stereocenters. The van der Waals surface area contributed by atoms with Gasteiger partial charge in [0.25, 0.3) is 5.91 Å². The summed E-state index contributed by atoms with van der Waals surface area (Å²) < 4.78 is 3.33. The summed E-state index contributed by atoms with van der Waals surface area (Å²) in [4.78, 5) is 10.6. The van der Waals surface area contributed by atoms with Gasteiger partial charge in [0.15, 0.2) is 6.23 Å². The first kappa shape index (κ1) is 9.06. The molecular weight excluding hydrogens is 191 g/mol. The van der Waals surface area contributed by atoms with E-state index in [4.69, 9.17) is 33.7 Å². The van der Waals surface area contributed by atoms with Crippen LogP contribution in [0.2, 0.25) is 0 Å². The molecule has 6 heteroatoms. The number of halogens is 2. The van der Waals surface area contributed by atoms with Gasteiger partial charge in [0.05, 0.1) is 6.61 Å². The molecule has 64 valence electrons. The fraction of sp³-hybridized carbons (Fsp3) is 0.800. The molecule has 1 aliphatic heterocycles. The summed E-state index contributed by atoms with van der Waals surface area (Å²) in [6.45, 7) is 1.11. The summed E-state index contributed by atoms with van der Waals surface area (Å²) in [7, 11) is 0. The van der Waals surface area contributed by atoms with Crippen LogP contribution in [-0.4, -0.2) is 29.6 Å². The summed E-state index contributed by atoms with van der Waals surface area (Å²) in [5.74, 6) is -0.805. The molecular formula is C5H8Cl2N2O2. The third kappa shape index (κ3) is 1.76. The second-order valence-corrected chi connectivity index (χ2v) is 3.58. The van der Waals surface area contributed by atoms with Gasteiger partial charge in [0, 0.05) is 6.54 Å². The Kier molecular flexibility index (Phi) is 2.59. The lowest BCUT2D eigenvalue weighted by atomic mass is 10.3. The van der Waals surface area contributed by atoms with Crippen LogP contribution >= 0.6 is 23.2 Å². The predicted octanol–water partition coefficient (Wildman–Crippen LogP) is -0.409. The standard InChI is InChI=1S/C5H8Cl2N2O2/c6-5(7,3(8)10)4-9-1-2-11-4/h4,9H,1-2H2,(H2,8,10). The van der Waals surface area contributed by atoms with Crippen molar-refractivity contribution in [2.75, 3.05) is 13.2 Å². The van der Waals surface area contributed by atoms with Crippen LogP contribution in [0.3, 0.4) is 0 Å². The number of ether oxygens (including phenoxy) is 1. The predicted molar refractivity (Wildman–Crippen MR) is 41.4 cm³/mol. The summed E-state index contributed by atoms with van der Waals surface area (Å²) in [5.41, 5.74) is 4.93. The van der Waals surface area contributed by atoms with Crippen molar-refractivity contribution in [3.8, 4) is 0 Å². The molecule has 1 unspecified atom stereocenters. The van der Waals surface area contributed by atoms with Crippen molar-refractivity contribution in [3.05, 3.63) is 0 Å². The first-order valence-electron chi connectivity index (χ1n) is 3.08. The van der Waals surface area contributed by atoms with Crippen molar-refractivity contribution in [3.63, 3.8) is 0 Å². The lowest BCUT2D eigenvalue weighted by molar-refractivity contribution is -0.121. The highest BCUT2D eigenvalue weighted by Crippen LogP contribution is 2.27. The van der Waals surface area contributed by atoms with E-state index in [2.05, 4.69) is 5.32 Å². The Labute approximate surface area is 74.0 Å². The van der Waals surface area contributed by atoms with E-state index in [-0.39, 0.29) is 0 Å². The van der Waals surface area contributed by atoms with Crippen LogP contribution in [0.5, 0.6) is 0 Å². The molecule has 11 heavy (non-hydrogen) atoms. The monoisotopic (exact) mass is 198 g/mol. The lowest BCUT2D eigenvalue weighted by Gasteiger charge is -2.21. The molecule has 1 saturated heterocycles. The summed E-state index contributed by atoms with van der Waals surface area (Å²) >= 11 is 11.2. The Hall–Kier alpha value is -0.0300. The molecule has 0 aromatic carbocycles. The van der Waals surface area contributed by atoms with E-state index in [1.54, 1.807) is 0 Å². The van der Waals surface area contributed by atoms with Crippen LogP contribution in [0.4, 0.5) is 0 Å². The summed E-state index contributed by atoms with van der Waals surface area (Å²) in [5, 5.41) is 2.79. The molecule has 0 saturated carbocycles. The van der Waals surface area contributed by atoms with Gasteiger partial charge in [-0.1, -0.05) is 23.2 Å². The number of hydrogen-bond acceptors (Lipinski definition) is 3.